The van der Waals surface area contributed by atoms with Gasteiger partial charge < -0.3 is 20.1 Å². The summed E-state index contributed by atoms with van der Waals surface area (Å²) in [5.74, 6) is -1.09. The van der Waals surface area contributed by atoms with Crippen molar-refractivity contribution in [2.24, 2.45) is 11.8 Å². The van der Waals surface area contributed by atoms with Crippen molar-refractivity contribution in [3.8, 4) is 0 Å². The predicted octanol–water partition coefficient (Wildman–Crippen LogP) is 5.11. The molecule has 0 aromatic heterocycles. The van der Waals surface area contributed by atoms with Gasteiger partial charge in [0, 0.05) is 23.3 Å². The highest BCUT2D eigenvalue weighted by molar-refractivity contribution is 6.07. The van der Waals surface area contributed by atoms with E-state index in [2.05, 4.69) is 10.6 Å². The van der Waals surface area contributed by atoms with Crippen molar-refractivity contribution in [2.75, 3.05) is 13.2 Å². The number of hydrogen-bond acceptors (Lipinski definition) is 6. The van der Waals surface area contributed by atoms with Crippen LogP contribution in [0.3, 0.4) is 0 Å². The molecule has 2 aliphatic rings. The Morgan fingerprint density at radius 1 is 0.690 bits per heavy atom. The molecule has 0 radical (unpaired) electrons. The van der Waals surface area contributed by atoms with Crippen LogP contribution in [0.25, 0.3) is 11.1 Å². The number of nitrogens with one attached hydrogen (secondary N) is 2. The van der Waals surface area contributed by atoms with Crippen LogP contribution in [0.5, 0.6) is 0 Å². The van der Waals surface area contributed by atoms with E-state index in [4.69, 9.17) is 9.47 Å². The topological polar surface area (TPSA) is 111 Å². The molecule has 2 amide bonds. The van der Waals surface area contributed by atoms with Crippen LogP contribution >= 0.6 is 0 Å². The summed E-state index contributed by atoms with van der Waals surface area (Å²) in [7, 11) is 0. The van der Waals surface area contributed by atoms with Gasteiger partial charge in [0.2, 0.25) is 0 Å². The van der Waals surface area contributed by atoms with Crippen molar-refractivity contribution < 1.29 is 28.7 Å². The first-order valence-corrected chi connectivity index (χ1v) is 14.5. The van der Waals surface area contributed by atoms with E-state index in [1.807, 2.05) is 52.0 Å². The van der Waals surface area contributed by atoms with Crippen molar-refractivity contribution in [1.29, 1.82) is 0 Å². The largest absolute Gasteiger partial charge is 0.458 e. The number of carbonyl (C=O) groups excluding carboxylic acids is 4. The third kappa shape index (κ3) is 6.87. The highest BCUT2D eigenvalue weighted by Crippen LogP contribution is 2.33. The van der Waals surface area contributed by atoms with Crippen LogP contribution in [0.2, 0.25) is 0 Å². The Morgan fingerprint density at radius 2 is 1.05 bits per heavy atom. The van der Waals surface area contributed by atoms with Crippen LogP contribution in [-0.4, -0.2) is 49.1 Å². The van der Waals surface area contributed by atoms with Gasteiger partial charge in [-0.05, 0) is 58.4 Å². The molecule has 220 valence electrons. The Bertz CT molecular complexity index is 1330. The second-order valence-electron chi connectivity index (χ2n) is 10.7. The molecule has 42 heavy (non-hydrogen) atoms. The first-order valence-electron chi connectivity index (χ1n) is 14.5. The lowest BCUT2D eigenvalue weighted by Gasteiger charge is -2.32. The van der Waals surface area contributed by atoms with Crippen molar-refractivity contribution in [2.45, 2.75) is 52.6 Å². The molecule has 0 bridgehead atoms. The number of fused-ring (bicyclic) bond motifs is 2. The minimum atomic E-state index is -0.523. The molecule has 8 heteroatoms. The number of carbonyl (C=O) groups is 4. The van der Waals surface area contributed by atoms with Gasteiger partial charge in [-0.25, -0.2) is 9.59 Å². The second kappa shape index (κ2) is 13.9. The van der Waals surface area contributed by atoms with E-state index < -0.39 is 11.9 Å². The van der Waals surface area contributed by atoms with Crippen LogP contribution in [-0.2, 0) is 19.1 Å². The smallest absolute Gasteiger partial charge is 0.331 e. The number of hydrogen-bond donors (Lipinski definition) is 2. The molecule has 4 rings (SSSR count). The molecule has 0 aliphatic carbocycles. The van der Waals surface area contributed by atoms with Gasteiger partial charge in [-0.1, -0.05) is 76.9 Å². The summed E-state index contributed by atoms with van der Waals surface area (Å²) < 4.78 is 10.7. The number of esters is 2. The Kier molecular flexibility index (Phi) is 10.1. The van der Waals surface area contributed by atoms with E-state index in [0.717, 1.165) is 35.1 Å². The number of benzene rings is 2. The minimum Gasteiger partial charge on any atom is -0.458 e. The Balaban J connectivity index is 1.36. The van der Waals surface area contributed by atoms with Crippen LogP contribution in [0.15, 0.2) is 72.8 Å². The first-order chi connectivity index (χ1) is 20.2. The van der Waals surface area contributed by atoms with E-state index >= 15 is 0 Å². The Hall–Kier alpha value is -4.46. The summed E-state index contributed by atoms with van der Waals surface area (Å²) in [6.07, 6.45) is 7.77. The molecular weight excluding hydrogens is 532 g/mol. The van der Waals surface area contributed by atoms with E-state index in [-0.39, 0.29) is 48.9 Å². The lowest BCUT2D eigenvalue weighted by molar-refractivity contribution is -0.137. The fourth-order valence-corrected chi connectivity index (χ4v) is 5.23. The molecule has 2 aromatic rings. The van der Waals surface area contributed by atoms with Gasteiger partial charge in [-0.2, -0.15) is 0 Å². The molecule has 0 unspecified atom stereocenters. The van der Waals surface area contributed by atoms with Gasteiger partial charge in [0.1, 0.15) is 13.2 Å². The molecule has 2 N–H and O–H groups in total. The third-order valence-corrected chi connectivity index (χ3v) is 7.99. The van der Waals surface area contributed by atoms with Crippen molar-refractivity contribution in [3.05, 3.63) is 95.1 Å². The summed E-state index contributed by atoms with van der Waals surface area (Å²) in [4.78, 5) is 50.5. The average molecular weight is 571 g/mol. The van der Waals surface area contributed by atoms with Crippen LogP contribution in [0.4, 0.5) is 0 Å². The van der Waals surface area contributed by atoms with Gasteiger partial charge in [0.25, 0.3) is 11.8 Å². The molecule has 8 nitrogen and oxygen atoms in total. The molecule has 4 atom stereocenters. The quantitative estimate of drug-likeness (QED) is 0.233. The second-order valence-corrected chi connectivity index (χ2v) is 10.7. The molecule has 2 heterocycles. The van der Waals surface area contributed by atoms with Gasteiger partial charge in [0.05, 0.1) is 12.1 Å². The fourth-order valence-electron chi connectivity index (χ4n) is 5.23. The summed E-state index contributed by atoms with van der Waals surface area (Å²) in [5, 5.41) is 6.04. The van der Waals surface area contributed by atoms with Gasteiger partial charge >= 0.3 is 11.9 Å². The van der Waals surface area contributed by atoms with Gasteiger partial charge in [0.15, 0.2) is 0 Å². The standard InChI is InChI=1S/C34H38N2O6/c1-5-21(3)31-27(23-13-7-9-15-25(23)33(39)35-31)19-29(37)41-17-11-12-18-42-30(38)20-28-24-14-8-10-16-26(24)34(40)36-32(28)22(4)6-2/h7-16,19-22,31-32H,5-6,17-18H2,1-4H3,(H,35,39)(H,36,40)/b12-11-,27-19-,28-20-/t21-,22-,31-,32-/m0/s1. The monoisotopic (exact) mass is 570 g/mol. The zero-order valence-corrected chi connectivity index (χ0v) is 24.5. The van der Waals surface area contributed by atoms with E-state index in [1.165, 1.54) is 12.2 Å². The van der Waals surface area contributed by atoms with Crippen LogP contribution in [0, 0.1) is 11.8 Å². The SMILES string of the molecule is CC[C@H](C)[C@@H]1NC(=O)c2ccccc2/C1=C/C(=O)OC/C=C\COC(=O)/C=C1/c2ccccc2C(=O)N[C@H]1[C@@H](C)CC. The fraction of sp³-hybridized carbons (Fsp3) is 0.353. The number of ether oxygens (including phenoxy) is 2. The van der Waals surface area contributed by atoms with Crippen LogP contribution in [0.1, 0.15) is 72.4 Å². The zero-order valence-electron chi connectivity index (χ0n) is 24.5. The highest BCUT2D eigenvalue weighted by atomic mass is 16.5. The molecule has 0 saturated heterocycles. The van der Waals surface area contributed by atoms with Gasteiger partial charge in [-0.3, -0.25) is 9.59 Å². The molecule has 2 aliphatic heterocycles. The van der Waals surface area contributed by atoms with Crippen molar-refractivity contribution in [3.63, 3.8) is 0 Å². The molecular formula is C34H38N2O6. The minimum absolute atomic E-state index is 0.00124. The molecule has 0 spiro atoms. The maximum Gasteiger partial charge on any atom is 0.331 e. The zero-order chi connectivity index (χ0) is 30.2. The lowest BCUT2D eigenvalue weighted by atomic mass is 9.82. The normalized spacial score (nSPS) is 21.2. The van der Waals surface area contributed by atoms with E-state index in [1.54, 1.807) is 36.4 Å². The summed E-state index contributed by atoms with van der Waals surface area (Å²) in [5.41, 5.74) is 3.98. The molecule has 0 saturated carbocycles. The summed E-state index contributed by atoms with van der Waals surface area (Å²) >= 11 is 0. The summed E-state index contributed by atoms with van der Waals surface area (Å²) in [6.45, 7) is 8.14. The third-order valence-electron chi connectivity index (χ3n) is 7.99. The van der Waals surface area contributed by atoms with Crippen molar-refractivity contribution in [1.82, 2.24) is 10.6 Å². The highest BCUT2D eigenvalue weighted by Gasteiger charge is 2.33. The Morgan fingerprint density at radius 3 is 1.40 bits per heavy atom. The predicted molar refractivity (Wildman–Crippen MR) is 161 cm³/mol. The van der Waals surface area contributed by atoms with Crippen LogP contribution < -0.4 is 10.6 Å². The first kappa shape index (κ1) is 30.5. The van der Waals surface area contributed by atoms with Gasteiger partial charge in [-0.15, -0.1) is 0 Å². The number of rotatable bonds is 10. The summed E-state index contributed by atoms with van der Waals surface area (Å²) in [6, 6.07) is 13.9. The number of amides is 2. The average Bonchev–Trinajstić information content (AvgIpc) is 3.00. The molecule has 0 fully saturated rings. The van der Waals surface area contributed by atoms with E-state index in [0.29, 0.717) is 11.1 Å². The maximum absolute atomic E-state index is 12.7. The Labute approximate surface area is 246 Å². The van der Waals surface area contributed by atoms with Crippen molar-refractivity contribution >= 4 is 34.9 Å². The molecule has 2 aromatic carbocycles. The van der Waals surface area contributed by atoms with E-state index in [9.17, 15) is 19.2 Å². The maximum atomic E-state index is 12.7. The lowest BCUT2D eigenvalue weighted by Crippen LogP contribution is -2.44.